The van der Waals surface area contributed by atoms with Crippen molar-refractivity contribution in [1.29, 1.82) is 0 Å². The van der Waals surface area contributed by atoms with Gasteiger partial charge in [0.25, 0.3) is 0 Å². The first-order valence-electron chi connectivity index (χ1n) is 3.84. The van der Waals surface area contributed by atoms with Crippen LogP contribution in [0.25, 0.3) is 0 Å². The van der Waals surface area contributed by atoms with Crippen LogP contribution in [-0.2, 0) is 0 Å². The van der Waals surface area contributed by atoms with Gasteiger partial charge in [0.05, 0.1) is 0 Å². The summed E-state index contributed by atoms with van der Waals surface area (Å²) in [6.07, 6.45) is 3.79. The lowest BCUT2D eigenvalue weighted by atomic mass is 10.0. The maximum Gasteiger partial charge on any atom is 0.0464 e. The normalized spacial score (nSPS) is 41.0. The maximum absolute atomic E-state index is 8.77. The van der Waals surface area contributed by atoms with E-state index in [4.69, 9.17) is 5.11 Å². The summed E-state index contributed by atoms with van der Waals surface area (Å²) >= 11 is 0. The molecule has 0 amide bonds. The number of aliphatic hydroxyl groups excluding tert-OH is 1. The first-order valence-corrected chi connectivity index (χ1v) is 3.84. The summed E-state index contributed by atoms with van der Waals surface area (Å²) in [5.41, 5.74) is 0.517. The molecule has 0 spiro atoms. The summed E-state index contributed by atoms with van der Waals surface area (Å²) in [4.78, 5) is 0. The van der Waals surface area contributed by atoms with Gasteiger partial charge < -0.3 is 5.11 Å². The number of aliphatic hydroxyl groups is 1. The molecule has 1 fully saturated rings. The molecule has 0 radical (unpaired) electrons. The zero-order valence-corrected chi connectivity index (χ0v) is 6.35. The molecule has 1 saturated carbocycles. The minimum Gasteiger partial charge on any atom is -0.396 e. The van der Waals surface area contributed by atoms with Crippen LogP contribution in [0.4, 0.5) is 0 Å². The summed E-state index contributed by atoms with van der Waals surface area (Å²) in [6, 6.07) is 0. The highest BCUT2D eigenvalue weighted by atomic mass is 16.3. The molecule has 0 heterocycles. The standard InChI is InChI=1S/C8H16O/c1-3-4-8(2)5-7(8)6-9/h7,9H,3-6H2,1-2H3. The van der Waals surface area contributed by atoms with Crippen molar-refractivity contribution in [3.63, 3.8) is 0 Å². The van der Waals surface area contributed by atoms with Gasteiger partial charge in [-0.1, -0.05) is 20.3 Å². The van der Waals surface area contributed by atoms with Gasteiger partial charge in [0.2, 0.25) is 0 Å². The van der Waals surface area contributed by atoms with Crippen LogP contribution in [0.5, 0.6) is 0 Å². The minimum absolute atomic E-state index is 0.399. The molecule has 1 heteroatoms. The van der Waals surface area contributed by atoms with E-state index in [9.17, 15) is 0 Å². The molecule has 1 aliphatic carbocycles. The van der Waals surface area contributed by atoms with Gasteiger partial charge in [-0.05, 0) is 24.2 Å². The van der Waals surface area contributed by atoms with Crippen molar-refractivity contribution < 1.29 is 5.11 Å². The van der Waals surface area contributed by atoms with E-state index in [0.717, 1.165) is 0 Å². The summed E-state index contributed by atoms with van der Waals surface area (Å²) in [6.45, 7) is 4.88. The third kappa shape index (κ3) is 1.26. The molecule has 1 N–H and O–H groups in total. The molecule has 2 unspecified atom stereocenters. The molecule has 0 bridgehead atoms. The largest absolute Gasteiger partial charge is 0.396 e. The third-order valence-corrected chi connectivity index (χ3v) is 2.58. The molecule has 0 aliphatic heterocycles. The fraction of sp³-hybridized carbons (Fsp3) is 1.00. The van der Waals surface area contributed by atoms with Crippen molar-refractivity contribution in [3.05, 3.63) is 0 Å². The maximum atomic E-state index is 8.77. The fourth-order valence-corrected chi connectivity index (χ4v) is 1.67. The van der Waals surface area contributed by atoms with Crippen LogP contribution in [-0.4, -0.2) is 11.7 Å². The first kappa shape index (κ1) is 7.07. The van der Waals surface area contributed by atoms with Crippen molar-refractivity contribution >= 4 is 0 Å². The van der Waals surface area contributed by atoms with E-state index in [2.05, 4.69) is 13.8 Å². The van der Waals surface area contributed by atoms with Crippen LogP contribution in [0.1, 0.15) is 33.1 Å². The number of hydrogen-bond donors (Lipinski definition) is 1. The van der Waals surface area contributed by atoms with E-state index in [1.807, 2.05) is 0 Å². The van der Waals surface area contributed by atoms with Crippen molar-refractivity contribution in [2.24, 2.45) is 11.3 Å². The predicted molar refractivity (Wildman–Crippen MR) is 38.2 cm³/mol. The Kier molecular flexibility index (Phi) is 1.80. The molecule has 1 aliphatic rings. The van der Waals surface area contributed by atoms with Gasteiger partial charge in [-0.25, -0.2) is 0 Å². The second kappa shape index (κ2) is 2.30. The Balaban J connectivity index is 2.25. The Hall–Kier alpha value is -0.0400. The van der Waals surface area contributed by atoms with E-state index in [1.54, 1.807) is 0 Å². The summed E-state index contributed by atoms with van der Waals surface area (Å²) < 4.78 is 0. The Morgan fingerprint density at radius 1 is 1.67 bits per heavy atom. The lowest BCUT2D eigenvalue weighted by Gasteiger charge is -2.06. The van der Waals surface area contributed by atoms with E-state index in [0.29, 0.717) is 17.9 Å². The van der Waals surface area contributed by atoms with Gasteiger partial charge in [-0.15, -0.1) is 0 Å². The van der Waals surface area contributed by atoms with Gasteiger partial charge in [-0.2, -0.15) is 0 Å². The van der Waals surface area contributed by atoms with Crippen LogP contribution < -0.4 is 0 Å². The van der Waals surface area contributed by atoms with Crippen molar-refractivity contribution in [2.75, 3.05) is 6.61 Å². The second-order valence-electron chi connectivity index (χ2n) is 3.49. The van der Waals surface area contributed by atoms with Crippen molar-refractivity contribution in [1.82, 2.24) is 0 Å². The van der Waals surface area contributed by atoms with Crippen LogP contribution in [0.15, 0.2) is 0 Å². The quantitative estimate of drug-likeness (QED) is 0.614. The molecule has 54 valence electrons. The predicted octanol–water partition coefficient (Wildman–Crippen LogP) is 1.81. The molecule has 1 rings (SSSR count). The zero-order valence-electron chi connectivity index (χ0n) is 6.35. The van der Waals surface area contributed by atoms with E-state index in [-0.39, 0.29) is 0 Å². The minimum atomic E-state index is 0.399. The van der Waals surface area contributed by atoms with Crippen molar-refractivity contribution in [3.8, 4) is 0 Å². The van der Waals surface area contributed by atoms with Gasteiger partial charge in [0.15, 0.2) is 0 Å². The fourth-order valence-electron chi connectivity index (χ4n) is 1.67. The summed E-state index contributed by atoms with van der Waals surface area (Å²) in [5, 5.41) is 8.77. The second-order valence-corrected chi connectivity index (χ2v) is 3.49. The van der Waals surface area contributed by atoms with E-state index >= 15 is 0 Å². The van der Waals surface area contributed by atoms with Gasteiger partial charge in [0.1, 0.15) is 0 Å². The summed E-state index contributed by atoms with van der Waals surface area (Å²) in [5.74, 6) is 0.623. The topological polar surface area (TPSA) is 20.2 Å². The Bertz CT molecular complexity index is 101. The molecule has 0 aromatic heterocycles. The van der Waals surface area contributed by atoms with Gasteiger partial charge >= 0.3 is 0 Å². The third-order valence-electron chi connectivity index (χ3n) is 2.58. The SMILES string of the molecule is CCCC1(C)CC1CO. The monoisotopic (exact) mass is 128 g/mol. The highest BCUT2D eigenvalue weighted by Crippen LogP contribution is 2.54. The average Bonchev–Trinajstić information content (AvgIpc) is 2.43. The van der Waals surface area contributed by atoms with Crippen LogP contribution in [0, 0.1) is 11.3 Å². The lowest BCUT2D eigenvalue weighted by molar-refractivity contribution is 0.249. The highest BCUT2D eigenvalue weighted by molar-refractivity contribution is 4.97. The van der Waals surface area contributed by atoms with E-state index < -0.39 is 0 Å². The summed E-state index contributed by atoms with van der Waals surface area (Å²) in [7, 11) is 0. The molecular formula is C8H16O. The molecule has 0 aromatic rings. The molecule has 2 atom stereocenters. The molecule has 1 nitrogen and oxygen atoms in total. The lowest BCUT2D eigenvalue weighted by Crippen LogP contribution is -1.99. The highest BCUT2D eigenvalue weighted by Gasteiger charge is 2.47. The van der Waals surface area contributed by atoms with Crippen LogP contribution in [0.3, 0.4) is 0 Å². The number of rotatable bonds is 3. The Labute approximate surface area is 57.1 Å². The molecule has 0 aromatic carbocycles. The molecule has 9 heavy (non-hydrogen) atoms. The van der Waals surface area contributed by atoms with Crippen LogP contribution in [0.2, 0.25) is 0 Å². The van der Waals surface area contributed by atoms with Crippen molar-refractivity contribution in [2.45, 2.75) is 33.1 Å². The molecule has 0 saturated heterocycles. The average molecular weight is 128 g/mol. The van der Waals surface area contributed by atoms with Crippen LogP contribution >= 0.6 is 0 Å². The number of hydrogen-bond acceptors (Lipinski definition) is 1. The first-order chi connectivity index (χ1) is 4.23. The van der Waals surface area contributed by atoms with E-state index in [1.165, 1.54) is 19.3 Å². The Morgan fingerprint density at radius 3 is 2.67 bits per heavy atom. The molecular weight excluding hydrogens is 112 g/mol. The van der Waals surface area contributed by atoms with Gasteiger partial charge in [-0.3, -0.25) is 0 Å². The van der Waals surface area contributed by atoms with Gasteiger partial charge in [0, 0.05) is 6.61 Å². The smallest absolute Gasteiger partial charge is 0.0464 e. The zero-order chi connectivity index (χ0) is 6.91. The Morgan fingerprint density at radius 2 is 2.33 bits per heavy atom.